The van der Waals surface area contributed by atoms with Gasteiger partial charge in [0, 0.05) is 32.2 Å². The number of methoxy groups -OCH3 is 1. The first kappa shape index (κ1) is 15.4. The van der Waals surface area contributed by atoms with Crippen LogP contribution >= 0.6 is 0 Å². The van der Waals surface area contributed by atoms with Crippen molar-refractivity contribution in [1.82, 2.24) is 4.90 Å². The van der Waals surface area contributed by atoms with Gasteiger partial charge in [0.2, 0.25) is 5.91 Å². The molecule has 4 heteroatoms. The van der Waals surface area contributed by atoms with Crippen LogP contribution in [-0.4, -0.2) is 43.7 Å². The molecule has 4 nitrogen and oxygen atoms in total. The Morgan fingerprint density at radius 1 is 1.33 bits per heavy atom. The number of amides is 1. The van der Waals surface area contributed by atoms with Crippen molar-refractivity contribution in [3.8, 4) is 0 Å². The van der Waals surface area contributed by atoms with Crippen LogP contribution in [0.2, 0.25) is 0 Å². The van der Waals surface area contributed by atoms with Crippen LogP contribution in [0.4, 0.5) is 0 Å². The molecular weight excluding hydrogens is 228 g/mol. The molecule has 0 saturated heterocycles. The Bertz CT molecular complexity index is 271. The smallest absolute Gasteiger partial charge is 0.226 e. The molecule has 0 radical (unpaired) electrons. The maximum absolute atomic E-state index is 12.5. The number of nitrogens with zero attached hydrogens (tertiary/aromatic N) is 1. The molecule has 0 heterocycles. The molecule has 1 fully saturated rings. The second-order valence-corrected chi connectivity index (χ2v) is 5.61. The molecule has 0 aromatic carbocycles. The van der Waals surface area contributed by atoms with E-state index in [2.05, 4.69) is 13.8 Å². The summed E-state index contributed by atoms with van der Waals surface area (Å²) in [5, 5.41) is 0. The largest absolute Gasteiger partial charge is 0.383 e. The maximum atomic E-state index is 12.5. The van der Waals surface area contributed by atoms with Gasteiger partial charge in [-0.3, -0.25) is 4.79 Å². The summed E-state index contributed by atoms with van der Waals surface area (Å²) < 4.78 is 5.06. The number of likely N-dealkylation sites (N-methyl/N-ethyl adjacent to an activating group) is 1. The molecule has 0 aromatic heterocycles. The zero-order valence-electron chi connectivity index (χ0n) is 12.2. The highest BCUT2D eigenvalue weighted by atomic mass is 16.5. The number of ether oxygens (including phenoxy) is 1. The first-order valence-corrected chi connectivity index (χ1v) is 7.04. The average Bonchev–Trinajstić information content (AvgIpc) is 2.34. The van der Waals surface area contributed by atoms with Gasteiger partial charge in [0.15, 0.2) is 0 Å². The second-order valence-electron chi connectivity index (χ2n) is 5.61. The Morgan fingerprint density at radius 2 is 2.00 bits per heavy atom. The van der Waals surface area contributed by atoms with Crippen LogP contribution < -0.4 is 5.73 Å². The highest BCUT2D eigenvalue weighted by molar-refractivity contribution is 5.79. The molecule has 2 N–H and O–H groups in total. The number of hydrogen-bond acceptors (Lipinski definition) is 3. The summed E-state index contributed by atoms with van der Waals surface area (Å²) in [6, 6.07) is 0.163. The number of hydrogen-bond donors (Lipinski definition) is 1. The SMILES string of the molecule is CCN(CCOC)C(=O)C1CC(N)C(C)CC1C. The summed E-state index contributed by atoms with van der Waals surface area (Å²) in [6.45, 7) is 8.41. The van der Waals surface area contributed by atoms with E-state index < -0.39 is 0 Å². The lowest BCUT2D eigenvalue weighted by Crippen LogP contribution is -2.47. The van der Waals surface area contributed by atoms with E-state index in [9.17, 15) is 4.79 Å². The lowest BCUT2D eigenvalue weighted by atomic mass is 9.72. The highest BCUT2D eigenvalue weighted by Gasteiger charge is 2.36. The molecular formula is C14H28N2O2. The predicted octanol–water partition coefficient (Wildman–Crippen LogP) is 1.49. The predicted molar refractivity (Wildman–Crippen MR) is 73.2 cm³/mol. The van der Waals surface area contributed by atoms with E-state index >= 15 is 0 Å². The fourth-order valence-corrected chi connectivity index (χ4v) is 2.89. The lowest BCUT2D eigenvalue weighted by molar-refractivity contribution is -0.139. The van der Waals surface area contributed by atoms with Crippen molar-refractivity contribution in [3.63, 3.8) is 0 Å². The van der Waals surface area contributed by atoms with Crippen LogP contribution in [0.25, 0.3) is 0 Å². The minimum Gasteiger partial charge on any atom is -0.383 e. The molecule has 1 rings (SSSR count). The maximum Gasteiger partial charge on any atom is 0.226 e. The van der Waals surface area contributed by atoms with E-state index in [-0.39, 0.29) is 17.9 Å². The first-order valence-electron chi connectivity index (χ1n) is 7.04. The molecule has 18 heavy (non-hydrogen) atoms. The van der Waals surface area contributed by atoms with Crippen LogP contribution in [0.3, 0.4) is 0 Å². The number of carbonyl (C=O) groups is 1. The summed E-state index contributed by atoms with van der Waals surface area (Å²) in [4.78, 5) is 14.4. The van der Waals surface area contributed by atoms with Crippen LogP contribution in [0, 0.1) is 17.8 Å². The van der Waals surface area contributed by atoms with E-state index in [1.807, 2.05) is 11.8 Å². The molecule has 1 aliphatic rings. The van der Waals surface area contributed by atoms with Crippen molar-refractivity contribution in [2.24, 2.45) is 23.5 Å². The Labute approximate surface area is 111 Å². The van der Waals surface area contributed by atoms with Gasteiger partial charge in [0.05, 0.1) is 6.61 Å². The van der Waals surface area contributed by atoms with Gasteiger partial charge in [-0.25, -0.2) is 0 Å². The molecule has 4 atom stereocenters. The van der Waals surface area contributed by atoms with Gasteiger partial charge in [-0.2, -0.15) is 0 Å². The molecule has 106 valence electrons. The van der Waals surface area contributed by atoms with Crippen molar-refractivity contribution >= 4 is 5.91 Å². The van der Waals surface area contributed by atoms with Crippen molar-refractivity contribution in [1.29, 1.82) is 0 Å². The fraction of sp³-hybridized carbons (Fsp3) is 0.929. The minimum absolute atomic E-state index is 0.0907. The van der Waals surface area contributed by atoms with Gasteiger partial charge in [0.1, 0.15) is 0 Å². The van der Waals surface area contributed by atoms with Gasteiger partial charge < -0.3 is 15.4 Å². The van der Waals surface area contributed by atoms with Gasteiger partial charge in [0.25, 0.3) is 0 Å². The van der Waals surface area contributed by atoms with Gasteiger partial charge in [-0.1, -0.05) is 13.8 Å². The van der Waals surface area contributed by atoms with E-state index in [1.165, 1.54) is 0 Å². The quantitative estimate of drug-likeness (QED) is 0.811. The van der Waals surface area contributed by atoms with E-state index in [1.54, 1.807) is 7.11 Å². The summed E-state index contributed by atoms with van der Waals surface area (Å²) in [5.41, 5.74) is 6.11. The van der Waals surface area contributed by atoms with Crippen molar-refractivity contribution in [3.05, 3.63) is 0 Å². The zero-order chi connectivity index (χ0) is 13.7. The van der Waals surface area contributed by atoms with Crippen molar-refractivity contribution in [2.75, 3.05) is 26.8 Å². The fourth-order valence-electron chi connectivity index (χ4n) is 2.89. The molecule has 0 aromatic rings. The topological polar surface area (TPSA) is 55.6 Å². The van der Waals surface area contributed by atoms with Crippen molar-refractivity contribution in [2.45, 2.75) is 39.7 Å². The molecule has 1 saturated carbocycles. The Balaban J connectivity index is 2.63. The highest BCUT2D eigenvalue weighted by Crippen LogP contribution is 2.33. The first-order chi connectivity index (χ1) is 8.51. The lowest BCUT2D eigenvalue weighted by Gasteiger charge is -2.38. The third kappa shape index (κ3) is 3.69. The monoisotopic (exact) mass is 256 g/mol. The zero-order valence-corrected chi connectivity index (χ0v) is 12.2. The summed E-state index contributed by atoms with van der Waals surface area (Å²) in [7, 11) is 1.67. The summed E-state index contributed by atoms with van der Waals surface area (Å²) in [6.07, 6.45) is 1.88. The molecule has 4 unspecified atom stereocenters. The van der Waals surface area contributed by atoms with E-state index in [4.69, 9.17) is 10.5 Å². The summed E-state index contributed by atoms with van der Waals surface area (Å²) >= 11 is 0. The molecule has 0 spiro atoms. The third-order valence-corrected chi connectivity index (χ3v) is 4.26. The molecule has 0 aliphatic heterocycles. The number of carbonyl (C=O) groups excluding carboxylic acids is 1. The average molecular weight is 256 g/mol. The van der Waals surface area contributed by atoms with Crippen LogP contribution in [0.5, 0.6) is 0 Å². The normalized spacial score (nSPS) is 32.3. The Kier molecular flexibility index (Phi) is 6.09. The summed E-state index contributed by atoms with van der Waals surface area (Å²) in [5.74, 6) is 1.31. The van der Waals surface area contributed by atoms with Crippen LogP contribution in [0.15, 0.2) is 0 Å². The third-order valence-electron chi connectivity index (χ3n) is 4.26. The van der Waals surface area contributed by atoms with Gasteiger partial charge >= 0.3 is 0 Å². The second kappa shape index (κ2) is 7.10. The Hall–Kier alpha value is -0.610. The van der Waals surface area contributed by atoms with Crippen LogP contribution in [0.1, 0.15) is 33.6 Å². The number of nitrogens with two attached hydrogens (primary N) is 1. The number of rotatable bonds is 5. The molecule has 1 amide bonds. The molecule has 1 aliphatic carbocycles. The Morgan fingerprint density at radius 3 is 2.56 bits per heavy atom. The molecule has 0 bridgehead atoms. The van der Waals surface area contributed by atoms with Gasteiger partial charge in [-0.05, 0) is 31.6 Å². The standard InChI is InChI=1S/C14H28N2O2/c1-5-16(6-7-18-4)14(17)12-9-13(15)11(3)8-10(12)2/h10-13H,5-9,15H2,1-4H3. The van der Waals surface area contributed by atoms with E-state index in [0.717, 1.165) is 19.4 Å². The van der Waals surface area contributed by atoms with Gasteiger partial charge in [-0.15, -0.1) is 0 Å². The minimum atomic E-state index is 0.0907. The van der Waals surface area contributed by atoms with E-state index in [0.29, 0.717) is 25.0 Å². The van der Waals surface area contributed by atoms with Crippen LogP contribution in [-0.2, 0) is 9.53 Å². The van der Waals surface area contributed by atoms with Crippen molar-refractivity contribution < 1.29 is 9.53 Å².